The quantitative estimate of drug-likeness (QED) is 0.746. The Balaban J connectivity index is 2.69. The first-order valence-electron chi connectivity index (χ1n) is 5.33. The van der Waals surface area contributed by atoms with E-state index in [1.54, 1.807) is 6.33 Å². The van der Waals surface area contributed by atoms with Gasteiger partial charge in [-0.2, -0.15) is 0 Å². The Hall–Kier alpha value is -1.56. The molecule has 0 fully saturated rings. The van der Waals surface area contributed by atoms with E-state index in [9.17, 15) is 0 Å². The summed E-state index contributed by atoms with van der Waals surface area (Å²) < 4.78 is 0. The minimum Gasteiger partial charge on any atom is -0.356 e. The van der Waals surface area contributed by atoms with Crippen molar-refractivity contribution in [1.29, 1.82) is 0 Å². The van der Waals surface area contributed by atoms with E-state index in [0.717, 1.165) is 30.8 Å². The van der Waals surface area contributed by atoms with Gasteiger partial charge in [0.15, 0.2) is 0 Å². The molecule has 1 aromatic rings. The SMILES string of the molecule is C#CC(CC)Nc1cc(CCC)ncn1. The number of aromatic nitrogens is 2. The molecule has 0 radical (unpaired) electrons. The number of rotatable bonds is 5. The molecule has 1 rings (SSSR count). The first kappa shape index (κ1) is 11.5. The number of nitrogens with zero attached hydrogens (tertiary/aromatic N) is 2. The number of anilines is 1. The Kier molecular flexibility index (Phi) is 4.62. The van der Waals surface area contributed by atoms with Crippen LogP contribution >= 0.6 is 0 Å². The molecule has 0 aliphatic rings. The molecule has 0 amide bonds. The highest BCUT2D eigenvalue weighted by atomic mass is 15.0. The number of hydrogen-bond acceptors (Lipinski definition) is 3. The van der Waals surface area contributed by atoms with Crippen LogP contribution in [0.5, 0.6) is 0 Å². The molecule has 1 atom stereocenters. The van der Waals surface area contributed by atoms with Gasteiger partial charge in [-0.3, -0.25) is 0 Å². The van der Waals surface area contributed by atoms with E-state index in [0.29, 0.717) is 0 Å². The molecule has 0 spiro atoms. The van der Waals surface area contributed by atoms with Gasteiger partial charge in [-0.05, 0) is 12.8 Å². The molecular weight excluding hydrogens is 186 g/mol. The molecule has 1 unspecified atom stereocenters. The summed E-state index contributed by atoms with van der Waals surface area (Å²) in [6, 6.07) is 2.01. The molecule has 0 bridgehead atoms. The third kappa shape index (κ3) is 3.59. The molecule has 0 saturated heterocycles. The van der Waals surface area contributed by atoms with Crippen LogP contribution in [-0.4, -0.2) is 16.0 Å². The van der Waals surface area contributed by atoms with Gasteiger partial charge in [0.25, 0.3) is 0 Å². The van der Waals surface area contributed by atoms with Crippen molar-refractivity contribution in [1.82, 2.24) is 9.97 Å². The Morgan fingerprint density at radius 2 is 2.27 bits per heavy atom. The van der Waals surface area contributed by atoms with Crippen molar-refractivity contribution in [2.24, 2.45) is 0 Å². The van der Waals surface area contributed by atoms with E-state index in [-0.39, 0.29) is 6.04 Å². The van der Waals surface area contributed by atoms with Crippen molar-refractivity contribution in [2.75, 3.05) is 5.32 Å². The highest BCUT2D eigenvalue weighted by molar-refractivity contribution is 5.38. The fraction of sp³-hybridized carbons (Fsp3) is 0.500. The smallest absolute Gasteiger partial charge is 0.130 e. The fourth-order valence-electron chi connectivity index (χ4n) is 1.31. The van der Waals surface area contributed by atoms with Crippen LogP contribution in [0.1, 0.15) is 32.4 Å². The largest absolute Gasteiger partial charge is 0.356 e. The van der Waals surface area contributed by atoms with Crippen LogP contribution in [0.4, 0.5) is 5.82 Å². The molecule has 3 nitrogen and oxygen atoms in total. The number of hydrogen-bond donors (Lipinski definition) is 1. The van der Waals surface area contributed by atoms with Crippen molar-refractivity contribution in [3.05, 3.63) is 18.1 Å². The van der Waals surface area contributed by atoms with Gasteiger partial charge in [-0.1, -0.05) is 26.2 Å². The van der Waals surface area contributed by atoms with Crippen molar-refractivity contribution in [2.45, 2.75) is 39.2 Å². The lowest BCUT2D eigenvalue weighted by molar-refractivity contribution is 0.837. The molecule has 1 aromatic heterocycles. The van der Waals surface area contributed by atoms with Crippen LogP contribution in [0.15, 0.2) is 12.4 Å². The lowest BCUT2D eigenvalue weighted by Gasteiger charge is -2.11. The lowest BCUT2D eigenvalue weighted by Crippen LogP contribution is -2.16. The van der Waals surface area contributed by atoms with Crippen LogP contribution < -0.4 is 5.32 Å². The summed E-state index contributed by atoms with van der Waals surface area (Å²) in [5.74, 6) is 3.50. The average molecular weight is 203 g/mol. The summed E-state index contributed by atoms with van der Waals surface area (Å²) in [5.41, 5.74) is 1.06. The molecule has 1 N–H and O–H groups in total. The Morgan fingerprint density at radius 1 is 1.47 bits per heavy atom. The zero-order chi connectivity index (χ0) is 11.1. The molecule has 15 heavy (non-hydrogen) atoms. The second-order valence-corrected chi connectivity index (χ2v) is 3.42. The van der Waals surface area contributed by atoms with E-state index >= 15 is 0 Å². The van der Waals surface area contributed by atoms with E-state index in [2.05, 4.69) is 28.1 Å². The average Bonchev–Trinajstić information content (AvgIpc) is 2.27. The monoisotopic (exact) mass is 203 g/mol. The van der Waals surface area contributed by atoms with Crippen LogP contribution in [-0.2, 0) is 6.42 Å². The summed E-state index contributed by atoms with van der Waals surface area (Å²) in [6.07, 6.45) is 9.91. The molecule has 80 valence electrons. The van der Waals surface area contributed by atoms with Crippen molar-refractivity contribution in [3.8, 4) is 12.3 Å². The van der Waals surface area contributed by atoms with Crippen LogP contribution in [0.25, 0.3) is 0 Å². The summed E-state index contributed by atoms with van der Waals surface area (Å²) in [6.45, 7) is 4.18. The summed E-state index contributed by atoms with van der Waals surface area (Å²) in [4.78, 5) is 8.32. The maximum atomic E-state index is 5.37. The fourth-order valence-corrected chi connectivity index (χ4v) is 1.31. The Labute approximate surface area is 91.3 Å². The standard InChI is InChI=1S/C12H17N3/c1-4-7-11-8-12(14-9-13-11)15-10(5-2)6-3/h2,8-10H,4,6-7H2,1,3H3,(H,13,14,15). The van der Waals surface area contributed by atoms with Gasteiger partial charge in [0, 0.05) is 11.8 Å². The van der Waals surface area contributed by atoms with Gasteiger partial charge in [0.1, 0.15) is 12.1 Å². The maximum absolute atomic E-state index is 5.37. The molecule has 0 aliphatic carbocycles. The van der Waals surface area contributed by atoms with Gasteiger partial charge in [-0.15, -0.1) is 6.42 Å². The highest BCUT2D eigenvalue weighted by Crippen LogP contribution is 2.08. The van der Waals surface area contributed by atoms with E-state index in [1.807, 2.05) is 13.0 Å². The predicted molar refractivity (Wildman–Crippen MR) is 62.6 cm³/mol. The molecule has 0 saturated carbocycles. The molecule has 1 heterocycles. The lowest BCUT2D eigenvalue weighted by atomic mass is 10.2. The van der Waals surface area contributed by atoms with Crippen LogP contribution in [0.3, 0.4) is 0 Å². The zero-order valence-corrected chi connectivity index (χ0v) is 9.33. The van der Waals surface area contributed by atoms with Gasteiger partial charge in [0.05, 0.1) is 6.04 Å². The third-order valence-corrected chi connectivity index (χ3v) is 2.16. The zero-order valence-electron chi connectivity index (χ0n) is 9.33. The molecule has 0 aliphatic heterocycles. The van der Waals surface area contributed by atoms with Crippen molar-refractivity contribution >= 4 is 5.82 Å². The highest BCUT2D eigenvalue weighted by Gasteiger charge is 2.03. The molecule has 3 heteroatoms. The number of nitrogens with one attached hydrogen (secondary N) is 1. The van der Waals surface area contributed by atoms with Gasteiger partial charge >= 0.3 is 0 Å². The van der Waals surface area contributed by atoms with E-state index < -0.39 is 0 Å². The maximum Gasteiger partial charge on any atom is 0.130 e. The summed E-state index contributed by atoms with van der Waals surface area (Å²) >= 11 is 0. The summed E-state index contributed by atoms with van der Waals surface area (Å²) in [5, 5.41) is 3.19. The van der Waals surface area contributed by atoms with Crippen LogP contribution in [0, 0.1) is 12.3 Å². The second kappa shape index (κ2) is 6.02. The first-order chi connectivity index (χ1) is 7.30. The van der Waals surface area contributed by atoms with E-state index in [4.69, 9.17) is 6.42 Å². The molecular formula is C12H17N3. The second-order valence-electron chi connectivity index (χ2n) is 3.42. The predicted octanol–water partition coefficient (Wildman–Crippen LogP) is 2.25. The number of aryl methyl sites for hydroxylation is 1. The van der Waals surface area contributed by atoms with Gasteiger partial charge < -0.3 is 5.32 Å². The minimum atomic E-state index is 0.0503. The van der Waals surface area contributed by atoms with Gasteiger partial charge in [-0.25, -0.2) is 9.97 Å². The summed E-state index contributed by atoms with van der Waals surface area (Å²) in [7, 11) is 0. The van der Waals surface area contributed by atoms with Crippen molar-refractivity contribution in [3.63, 3.8) is 0 Å². The third-order valence-electron chi connectivity index (χ3n) is 2.16. The Bertz CT molecular complexity index is 341. The first-order valence-corrected chi connectivity index (χ1v) is 5.33. The number of terminal acetylenes is 1. The normalized spacial score (nSPS) is 11.8. The minimum absolute atomic E-state index is 0.0503. The molecule has 0 aromatic carbocycles. The van der Waals surface area contributed by atoms with Crippen molar-refractivity contribution < 1.29 is 0 Å². The van der Waals surface area contributed by atoms with Gasteiger partial charge in [0.2, 0.25) is 0 Å². The van der Waals surface area contributed by atoms with E-state index in [1.165, 1.54) is 0 Å². The Morgan fingerprint density at radius 3 is 2.87 bits per heavy atom. The topological polar surface area (TPSA) is 37.8 Å². The van der Waals surface area contributed by atoms with Crippen LogP contribution in [0.2, 0.25) is 0 Å².